The van der Waals surface area contributed by atoms with E-state index in [0.717, 1.165) is 17.9 Å². The number of anilines is 1. The third kappa shape index (κ3) is 2.05. The molecule has 132 valence electrons. The first-order chi connectivity index (χ1) is 12.6. The van der Waals surface area contributed by atoms with Crippen LogP contribution in [0, 0.1) is 5.82 Å². The standard InChI is InChI=1S/C20H18FN3OS/c1-22-16-6-4-13(21)10-15(16)20(25)24-8-7-23-17-11-14(26-2)5-3-12(17)9-18(23)19(22)24/h3-6,9-11,19H,7-8H2,1-2H3. The molecule has 1 aromatic heterocycles. The van der Waals surface area contributed by atoms with Crippen molar-refractivity contribution in [2.75, 3.05) is 24.7 Å². The highest BCUT2D eigenvalue weighted by Crippen LogP contribution is 2.42. The van der Waals surface area contributed by atoms with Gasteiger partial charge in [-0.3, -0.25) is 4.79 Å². The molecule has 3 aromatic rings. The summed E-state index contributed by atoms with van der Waals surface area (Å²) in [7, 11) is 1.97. The Hall–Kier alpha value is -2.47. The van der Waals surface area contributed by atoms with E-state index >= 15 is 0 Å². The first-order valence-corrected chi connectivity index (χ1v) is 9.81. The van der Waals surface area contributed by atoms with Crippen molar-refractivity contribution in [2.45, 2.75) is 17.6 Å². The first kappa shape index (κ1) is 15.8. The third-order valence-electron chi connectivity index (χ3n) is 5.46. The van der Waals surface area contributed by atoms with Gasteiger partial charge in [0, 0.05) is 35.9 Å². The smallest absolute Gasteiger partial charge is 0.258 e. The van der Waals surface area contributed by atoms with Crippen molar-refractivity contribution >= 4 is 34.3 Å². The molecule has 2 aliphatic heterocycles. The van der Waals surface area contributed by atoms with Crippen LogP contribution in [-0.4, -0.2) is 35.2 Å². The normalized spacial score (nSPS) is 18.7. The van der Waals surface area contributed by atoms with E-state index < -0.39 is 0 Å². The highest BCUT2D eigenvalue weighted by Gasteiger charge is 2.41. The molecular weight excluding hydrogens is 349 g/mol. The lowest BCUT2D eigenvalue weighted by molar-refractivity contribution is 0.0601. The maximum absolute atomic E-state index is 13.7. The van der Waals surface area contributed by atoms with Crippen LogP contribution in [0.15, 0.2) is 47.4 Å². The molecule has 0 fully saturated rings. The van der Waals surface area contributed by atoms with Crippen LogP contribution in [0.4, 0.5) is 10.1 Å². The van der Waals surface area contributed by atoms with E-state index in [1.54, 1.807) is 17.8 Å². The molecule has 0 saturated carbocycles. The van der Waals surface area contributed by atoms with Crippen molar-refractivity contribution in [3.63, 3.8) is 0 Å². The summed E-state index contributed by atoms with van der Waals surface area (Å²) in [5.74, 6) is -0.469. The summed E-state index contributed by atoms with van der Waals surface area (Å²) in [6, 6.07) is 13.1. The Labute approximate surface area is 155 Å². The zero-order valence-corrected chi connectivity index (χ0v) is 15.4. The number of thioether (sulfide) groups is 1. The Bertz CT molecular complexity index is 1060. The van der Waals surface area contributed by atoms with Crippen molar-refractivity contribution in [3.8, 4) is 0 Å². The Kier molecular flexibility index (Phi) is 3.34. The number of hydrogen-bond acceptors (Lipinski definition) is 3. The number of amides is 1. The maximum Gasteiger partial charge on any atom is 0.258 e. The largest absolute Gasteiger partial charge is 0.349 e. The van der Waals surface area contributed by atoms with Crippen LogP contribution in [0.25, 0.3) is 10.9 Å². The van der Waals surface area contributed by atoms with Crippen molar-refractivity contribution in [2.24, 2.45) is 0 Å². The highest BCUT2D eigenvalue weighted by molar-refractivity contribution is 7.98. The van der Waals surface area contributed by atoms with Gasteiger partial charge in [0.05, 0.1) is 16.9 Å². The van der Waals surface area contributed by atoms with Gasteiger partial charge in [-0.2, -0.15) is 0 Å². The van der Waals surface area contributed by atoms with E-state index in [-0.39, 0.29) is 17.9 Å². The van der Waals surface area contributed by atoms with Crippen LogP contribution < -0.4 is 4.90 Å². The first-order valence-electron chi connectivity index (χ1n) is 8.59. The summed E-state index contributed by atoms with van der Waals surface area (Å²) >= 11 is 1.73. The zero-order valence-electron chi connectivity index (χ0n) is 14.6. The van der Waals surface area contributed by atoms with E-state index in [4.69, 9.17) is 0 Å². The van der Waals surface area contributed by atoms with Gasteiger partial charge in [-0.1, -0.05) is 6.07 Å². The summed E-state index contributed by atoms with van der Waals surface area (Å²) in [4.78, 5) is 18.2. The number of hydrogen-bond donors (Lipinski definition) is 0. The fourth-order valence-corrected chi connectivity index (χ4v) is 4.66. The third-order valence-corrected chi connectivity index (χ3v) is 6.19. The fraction of sp³-hybridized carbons (Fsp3) is 0.250. The zero-order chi connectivity index (χ0) is 18.0. The monoisotopic (exact) mass is 367 g/mol. The molecule has 0 bridgehead atoms. The number of nitrogens with zero attached hydrogens (tertiary/aromatic N) is 3. The molecular formula is C20H18FN3OS. The maximum atomic E-state index is 13.7. The molecule has 26 heavy (non-hydrogen) atoms. The average molecular weight is 367 g/mol. The van der Waals surface area contributed by atoms with Gasteiger partial charge in [0.25, 0.3) is 5.91 Å². The lowest BCUT2D eigenvalue weighted by Crippen LogP contribution is -2.52. The molecule has 2 aliphatic rings. The van der Waals surface area contributed by atoms with Crippen molar-refractivity contribution < 1.29 is 9.18 Å². The fourth-order valence-electron chi connectivity index (χ4n) is 4.23. The SMILES string of the molecule is CSc1ccc2cc3n(c2c1)CCN1C(=O)c2cc(F)ccc2N(C)C31. The van der Waals surface area contributed by atoms with Crippen molar-refractivity contribution in [1.82, 2.24) is 9.47 Å². The van der Waals surface area contributed by atoms with Crippen LogP contribution in [0.5, 0.6) is 0 Å². The molecule has 1 amide bonds. The molecule has 6 heteroatoms. The molecule has 1 unspecified atom stereocenters. The molecule has 0 N–H and O–H groups in total. The predicted octanol–water partition coefficient (Wildman–Crippen LogP) is 4.11. The minimum absolute atomic E-state index is 0.0936. The molecule has 0 aliphatic carbocycles. The van der Waals surface area contributed by atoms with E-state index in [0.29, 0.717) is 12.1 Å². The molecule has 0 radical (unpaired) electrons. The van der Waals surface area contributed by atoms with Crippen LogP contribution in [0.1, 0.15) is 22.2 Å². The summed E-state index contributed by atoms with van der Waals surface area (Å²) < 4.78 is 16.0. The molecule has 4 nitrogen and oxygen atoms in total. The van der Waals surface area contributed by atoms with Gasteiger partial charge in [0.15, 0.2) is 0 Å². The van der Waals surface area contributed by atoms with Gasteiger partial charge >= 0.3 is 0 Å². The van der Waals surface area contributed by atoms with Gasteiger partial charge in [-0.05, 0) is 42.7 Å². The van der Waals surface area contributed by atoms with Crippen molar-refractivity contribution in [1.29, 1.82) is 0 Å². The predicted molar refractivity (Wildman–Crippen MR) is 102 cm³/mol. The average Bonchev–Trinajstić information content (AvgIpc) is 3.03. The molecule has 2 aromatic carbocycles. The van der Waals surface area contributed by atoms with E-state index in [1.807, 2.05) is 11.9 Å². The molecule has 1 atom stereocenters. The van der Waals surface area contributed by atoms with Crippen LogP contribution in [0.2, 0.25) is 0 Å². The Morgan fingerprint density at radius 2 is 1.96 bits per heavy atom. The van der Waals surface area contributed by atoms with Crippen LogP contribution >= 0.6 is 11.8 Å². The van der Waals surface area contributed by atoms with E-state index in [2.05, 4.69) is 40.0 Å². The summed E-state index contributed by atoms with van der Waals surface area (Å²) in [6.07, 6.45) is 1.91. The summed E-state index contributed by atoms with van der Waals surface area (Å²) in [5, 5.41) is 1.19. The second-order valence-electron chi connectivity index (χ2n) is 6.79. The molecule has 0 saturated heterocycles. The number of carbonyl (C=O) groups is 1. The minimum atomic E-state index is -0.375. The number of benzene rings is 2. The Morgan fingerprint density at radius 3 is 2.77 bits per heavy atom. The molecule has 3 heterocycles. The Balaban J connectivity index is 1.70. The number of rotatable bonds is 1. The van der Waals surface area contributed by atoms with E-state index in [9.17, 15) is 9.18 Å². The highest BCUT2D eigenvalue weighted by atomic mass is 32.2. The molecule has 0 spiro atoms. The second kappa shape index (κ2) is 5.51. The summed E-state index contributed by atoms with van der Waals surface area (Å²) in [6.45, 7) is 1.36. The summed E-state index contributed by atoms with van der Waals surface area (Å²) in [5.41, 5.74) is 3.53. The number of aromatic nitrogens is 1. The van der Waals surface area contributed by atoms with Crippen molar-refractivity contribution in [3.05, 3.63) is 59.5 Å². The van der Waals surface area contributed by atoms with Gasteiger partial charge < -0.3 is 14.4 Å². The lowest BCUT2D eigenvalue weighted by Gasteiger charge is -2.46. The topological polar surface area (TPSA) is 28.5 Å². The van der Waals surface area contributed by atoms with E-state index in [1.165, 1.54) is 27.9 Å². The quantitative estimate of drug-likeness (QED) is 0.606. The number of carbonyl (C=O) groups excluding carboxylic acids is 1. The minimum Gasteiger partial charge on any atom is -0.349 e. The molecule has 5 rings (SSSR count). The Morgan fingerprint density at radius 1 is 1.12 bits per heavy atom. The second-order valence-corrected chi connectivity index (χ2v) is 7.67. The number of halogens is 1. The lowest BCUT2D eigenvalue weighted by atomic mass is 10.0. The van der Waals surface area contributed by atoms with Gasteiger partial charge in [0.2, 0.25) is 0 Å². The van der Waals surface area contributed by atoms with Crippen LogP contribution in [0.3, 0.4) is 0 Å². The van der Waals surface area contributed by atoms with Gasteiger partial charge in [-0.25, -0.2) is 4.39 Å². The van der Waals surface area contributed by atoms with Gasteiger partial charge in [0.1, 0.15) is 12.0 Å². The number of fused-ring (bicyclic) bond motifs is 6. The van der Waals surface area contributed by atoms with Crippen LogP contribution in [-0.2, 0) is 6.54 Å². The van der Waals surface area contributed by atoms with Gasteiger partial charge in [-0.15, -0.1) is 11.8 Å².